The van der Waals surface area contributed by atoms with E-state index in [-0.39, 0.29) is 12.1 Å². The minimum absolute atomic E-state index is 0.134. The van der Waals surface area contributed by atoms with Gasteiger partial charge in [-0.2, -0.15) is 0 Å². The molecule has 1 saturated heterocycles. The van der Waals surface area contributed by atoms with E-state index >= 15 is 0 Å². The Balaban J connectivity index is 1.84. The van der Waals surface area contributed by atoms with Gasteiger partial charge >= 0.3 is 6.09 Å². The molecule has 1 fully saturated rings. The van der Waals surface area contributed by atoms with Crippen molar-refractivity contribution in [3.63, 3.8) is 0 Å². The third-order valence-corrected chi connectivity index (χ3v) is 2.92. The van der Waals surface area contributed by atoms with Crippen molar-refractivity contribution in [2.45, 2.75) is 38.8 Å². The van der Waals surface area contributed by atoms with E-state index in [0.717, 1.165) is 25.2 Å². The highest BCUT2D eigenvalue weighted by Gasteiger charge is 2.26. The number of nitrogens with one attached hydrogen (secondary N) is 1. The van der Waals surface area contributed by atoms with Crippen LogP contribution >= 0.6 is 0 Å². The van der Waals surface area contributed by atoms with Gasteiger partial charge in [0.2, 0.25) is 0 Å². The first-order chi connectivity index (χ1) is 8.94. The Labute approximate surface area is 114 Å². The number of ether oxygens (including phenoxy) is 1. The number of nitrogens with zero attached hydrogens (tertiary/aromatic N) is 2. The fourth-order valence-corrected chi connectivity index (χ4v) is 2.13. The van der Waals surface area contributed by atoms with Crippen LogP contribution in [-0.2, 0) is 4.74 Å². The monoisotopic (exact) mass is 263 g/mol. The van der Waals surface area contributed by atoms with Crippen molar-refractivity contribution in [2.24, 2.45) is 0 Å². The second-order valence-corrected chi connectivity index (χ2v) is 5.79. The van der Waals surface area contributed by atoms with E-state index in [1.165, 1.54) is 0 Å². The first-order valence-corrected chi connectivity index (χ1v) is 6.58. The van der Waals surface area contributed by atoms with Gasteiger partial charge in [-0.05, 0) is 39.3 Å². The van der Waals surface area contributed by atoms with E-state index in [1.807, 2.05) is 39.1 Å². The third-order valence-electron chi connectivity index (χ3n) is 2.92. The van der Waals surface area contributed by atoms with Crippen LogP contribution in [0.25, 0.3) is 0 Å². The summed E-state index contributed by atoms with van der Waals surface area (Å²) in [5.74, 6) is 0. The first kappa shape index (κ1) is 13.6. The molecule has 0 aromatic carbocycles. The Morgan fingerprint density at radius 3 is 2.95 bits per heavy atom. The van der Waals surface area contributed by atoms with Crippen LogP contribution in [0, 0.1) is 0 Å². The molecule has 2 rings (SSSR count). The molecule has 1 atom stereocenters. The zero-order valence-electron chi connectivity index (χ0n) is 11.7. The molecule has 5 heteroatoms. The highest BCUT2D eigenvalue weighted by Crippen LogP contribution is 2.19. The maximum absolute atomic E-state index is 11.7. The molecule has 0 unspecified atom stereocenters. The van der Waals surface area contributed by atoms with Crippen LogP contribution in [0.2, 0.25) is 0 Å². The van der Waals surface area contributed by atoms with Crippen LogP contribution in [-0.4, -0.2) is 35.8 Å². The number of carbonyl (C=O) groups is 1. The van der Waals surface area contributed by atoms with Gasteiger partial charge in [-0.3, -0.25) is 4.98 Å². The number of hydrogen-bond acceptors (Lipinski definition) is 4. The summed E-state index contributed by atoms with van der Waals surface area (Å²) in [5, 5.41) is 2.91. The minimum atomic E-state index is -0.453. The molecule has 1 aromatic rings. The predicted octanol–water partition coefficient (Wildman–Crippen LogP) is 2.19. The van der Waals surface area contributed by atoms with E-state index in [0.29, 0.717) is 0 Å². The van der Waals surface area contributed by atoms with Crippen LogP contribution < -0.4 is 10.2 Å². The molecule has 2 heterocycles. The lowest BCUT2D eigenvalue weighted by atomic mass is 10.2. The fraction of sp³-hybridized carbons (Fsp3) is 0.571. The first-order valence-electron chi connectivity index (χ1n) is 6.58. The number of anilines is 1. The molecular formula is C14H21N3O2. The van der Waals surface area contributed by atoms with Gasteiger partial charge in [0.05, 0.1) is 17.9 Å². The largest absolute Gasteiger partial charge is 0.444 e. The van der Waals surface area contributed by atoms with Crippen molar-refractivity contribution in [2.75, 3.05) is 18.0 Å². The highest BCUT2D eigenvalue weighted by molar-refractivity contribution is 5.68. The van der Waals surface area contributed by atoms with Crippen molar-refractivity contribution in [1.82, 2.24) is 10.3 Å². The number of aromatic nitrogens is 1. The van der Waals surface area contributed by atoms with Crippen molar-refractivity contribution in [1.29, 1.82) is 0 Å². The van der Waals surface area contributed by atoms with Gasteiger partial charge < -0.3 is 15.0 Å². The van der Waals surface area contributed by atoms with Gasteiger partial charge in [-0.1, -0.05) is 0 Å². The summed E-state index contributed by atoms with van der Waals surface area (Å²) < 4.78 is 5.26. The Morgan fingerprint density at radius 2 is 2.32 bits per heavy atom. The third kappa shape index (κ3) is 4.12. The van der Waals surface area contributed by atoms with Crippen LogP contribution in [0.5, 0.6) is 0 Å². The Kier molecular flexibility index (Phi) is 3.93. The van der Waals surface area contributed by atoms with Crippen molar-refractivity contribution < 1.29 is 9.53 Å². The van der Waals surface area contributed by atoms with E-state index in [4.69, 9.17) is 4.74 Å². The molecule has 0 radical (unpaired) electrons. The summed E-state index contributed by atoms with van der Waals surface area (Å²) in [6.45, 7) is 7.31. The topological polar surface area (TPSA) is 54.5 Å². The summed E-state index contributed by atoms with van der Waals surface area (Å²) in [4.78, 5) is 18.0. The molecule has 0 spiro atoms. The van der Waals surface area contributed by atoms with E-state index in [2.05, 4.69) is 15.2 Å². The van der Waals surface area contributed by atoms with E-state index in [9.17, 15) is 4.79 Å². The van der Waals surface area contributed by atoms with Crippen LogP contribution in [0.4, 0.5) is 10.5 Å². The normalized spacial score (nSPS) is 19.3. The standard InChI is InChI=1S/C14H21N3O2/c1-14(2,3)19-13(18)16-11-6-8-17(10-11)12-5-4-7-15-9-12/h4-5,7,9,11H,6,8,10H2,1-3H3,(H,16,18)/t11-/m1/s1. The maximum Gasteiger partial charge on any atom is 0.407 e. The van der Waals surface area contributed by atoms with Gasteiger partial charge in [0.1, 0.15) is 5.60 Å². The molecular weight excluding hydrogens is 242 g/mol. The lowest BCUT2D eigenvalue weighted by molar-refractivity contribution is 0.0509. The maximum atomic E-state index is 11.7. The Hall–Kier alpha value is -1.78. The summed E-state index contributed by atoms with van der Waals surface area (Å²) in [6, 6.07) is 4.09. The minimum Gasteiger partial charge on any atom is -0.444 e. The number of rotatable bonds is 2. The zero-order valence-corrected chi connectivity index (χ0v) is 11.7. The van der Waals surface area contributed by atoms with Crippen LogP contribution in [0.1, 0.15) is 27.2 Å². The predicted molar refractivity (Wildman–Crippen MR) is 74.2 cm³/mol. The SMILES string of the molecule is CC(C)(C)OC(=O)N[C@@H]1CCN(c2cccnc2)C1. The van der Waals surface area contributed by atoms with E-state index in [1.54, 1.807) is 6.20 Å². The summed E-state index contributed by atoms with van der Waals surface area (Å²) in [5.41, 5.74) is 0.641. The van der Waals surface area contributed by atoms with Crippen molar-refractivity contribution >= 4 is 11.8 Å². The lowest BCUT2D eigenvalue weighted by Gasteiger charge is -2.22. The quantitative estimate of drug-likeness (QED) is 0.888. The number of carbonyl (C=O) groups excluding carboxylic acids is 1. The molecule has 5 nitrogen and oxygen atoms in total. The van der Waals surface area contributed by atoms with Gasteiger partial charge in [0, 0.05) is 19.3 Å². The smallest absolute Gasteiger partial charge is 0.407 e. The zero-order chi connectivity index (χ0) is 13.9. The van der Waals surface area contributed by atoms with Crippen molar-refractivity contribution in [3.05, 3.63) is 24.5 Å². The molecule has 1 aromatic heterocycles. The summed E-state index contributed by atoms with van der Waals surface area (Å²) >= 11 is 0. The average Bonchev–Trinajstić information content (AvgIpc) is 2.76. The fourth-order valence-electron chi connectivity index (χ4n) is 2.13. The van der Waals surface area contributed by atoms with Crippen LogP contribution in [0.3, 0.4) is 0 Å². The number of alkyl carbamates (subject to hydrolysis) is 1. The Bertz CT molecular complexity index is 428. The second-order valence-electron chi connectivity index (χ2n) is 5.79. The number of hydrogen-bond donors (Lipinski definition) is 1. The molecule has 19 heavy (non-hydrogen) atoms. The molecule has 1 aliphatic heterocycles. The second kappa shape index (κ2) is 5.47. The van der Waals surface area contributed by atoms with Gasteiger partial charge in [0.25, 0.3) is 0 Å². The van der Waals surface area contributed by atoms with Gasteiger partial charge in [-0.25, -0.2) is 4.79 Å². The van der Waals surface area contributed by atoms with Gasteiger partial charge in [0.15, 0.2) is 0 Å². The molecule has 0 aliphatic carbocycles. The summed E-state index contributed by atoms with van der Waals surface area (Å²) in [7, 11) is 0. The lowest BCUT2D eigenvalue weighted by Crippen LogP contribution is -2.40. The van der Waals surface area contributed by atoms with Gasteiger partial charge in [-0.15, -0.1) is 0 Å². The molecule has 1 N–H and O–H groups in total. The molecule has 0 saturated carbocycles. The summed E-state index contributed by atoms with van der Waals surface area (Å²) in [6.07, 6.45) is 4.19. The van der Waals surface area contributed by atoms with Crippen LogP contribution in [0.15, 0.2) is 24.5 Å². The van der Waals surface area contributed by atoms with Crippen molar-refractivity contribution in [3.8, 4) is 0 Å². The number of pyridine rings is 1. The molecule has 104 valence electrons. The molecule has 1 aliphatic rings. The Morgan fingerprint density at radius 1 is 1.53 bits per heavy atom. The average molecular weight is 263 g/mol. The molecule has 1 amide bonds. The number of amides is 1. The van der Waals surface area contributed by atoms with E-state index < -0.39 is 5.60 Å². The highest BCUT2D eigenvalue weighted by atomic mass is 16.6. The molecule has 0 bridgehead atoms.